The summed E-state index contributed by atoms with van der Waals surface area (Å²) >= 11 is 5.41. The van der Waals surface area contributed by atoms with Crippen LogP contribution >= 0.6 is 12.2 Å². The SMILES string of the molecule is CCn1cncc(Cc2ccccc2)c1=S. The third-order valence-corrected chi connectivity index (χ3v) is 3.05. The van der Waals surface area contributed by atoms with Crippen molar-refractivity contribution < 1.29 is 0 Å². The number of aryl methyl sites for hydroxylation is 1. The molecule has 0 amide bonds. The van der Waals surface area contributed by atoms with Gasteiger partial charge in [0.2, 0.25) is 0 Å². The van der Waals surface area contributed by atoms with Crippen LogP contribution in [0.3, 0.4) is 0 Å². The van der Waals surface area contributed by atoms with Gasteiger partial charge in [0.15, 0.2) is 0 Å². The van der Waals surface area contributed by atoms with E-state index in [4.69, 9.17) is 12.2 Å². The summed E-state index contributed by atoms with van der Waals surface area (Å²) in [7, 11) is 0. The molecule has 1 aromatic heterocycles. The van der Waals surface area contributed by atoms with Crippen molar-refractivity contribution in [2.45, 2.75) is 19.9 Å². The minimum atomic E-state index is 0.855. The minimum absolute atomic E-state index is 0.855. The summed E-state index contributed by atoms with van der Waals surface area (Å²) in [6.07, 6.45) is 4.51. The Bertz CT molecular complexity index is 517. The van der Waals surface area contributed by atoms with E-state index in [1.54, 1.807) is 6.33 Å². The van der Waals surface area contributed by atoms with E-state index in [1.807, 2.05) is 29.0 Å². The first kappa shape index (κ1) is 11.0. The second kappa shape index (κ2) is 5.03. The van der Waals surface area contributed by atoms with Crippen molar-refractivity contribution in [3.63, 3.8) is 0 Å². The van der Waals surface area contributed by atoms with E-state index in [0.717, 1.165) is 23.2 Å². The van der Waals surface area contributed by atoms with Gasteiger partial charge in [-0.05, 0) is 12.5 Å². The molecule has 2 aromatic rings. The summed E-state index contributed by atoms with van der Waals surface area (Å²) < 4.78 is 2.88. The summed E-state index contributed by atoms with van der Waals surface area (Å²) in [5, 5.41) is 0. The van der Waals surface area contributed by atoms with Crippen molar-refractivity contribution in [1.29, 1.82) is 0 Å². The molecule has 0 atom stereocenters. The van der Waals surface area contributed by atoms with Gasteiger partial charge < -0.3 is 4.57 Å². The number of hydrogen-bond acceptors (Lipinski definition) is 2. The fourth-order valence-corrected chi connectivity index (χ4v) is 1.96. The smallest absolute Gasteiger partial charge is 0.112 e. The molecule has 0 spiro atoms. The van der Waals surface area contributed by atoms with Crippen LogP contribution in [-0.4, -0.2) is 9.55 Å². The first-order chi connectivity index (χ1) is 7.81. The average molecular weight is 230 g/mol. The van der Waals surface area contributed by atoms with Gasteiger partial charge in [0, 0.05) is 24.7 Å². The number of rotatable bonds is 3. The van der Waals surface area contributed by atoms with Gasteiger partial charge in [-0.15, -0.1) is 0 Å². The van der Waals surface area contributed by atoms with Crippen molar-refractivity contribution in [2.24, 2.45) is 0 Å². The molecule has 16 heavy (non-hydrogen) atoms. The van der Waals surface area contributed by atoms with Crippen molar-refractivity contribution in [1.82, 2.24) is 9.55 Å². The molecule has 82 valence electrons. The minimum Gasteiger partial charge on any atom is -0.323 e. The van der Waals surface area contributed by atoms with Crippen LogP contribution in [0.15, 0.2) is 42.9 Å². The first-order valence-corrected chi connectivity index (χ1v) is 5.79. The molecule has 0 aliphatic rings. The molecule has 0 saturated heterocycles. The molecule has 3 heteroatoms. The number of hydrogen-bond donors (Lipinski definition) is 0. The Labute approximate surface area is 101 Å². The largest absolute Gasteiger partial charge is 0.323 e. The molecule has 2 nitrogen and oxygen atoms in total. The molecule has 2 rings (SSSR count). The van der Waals surface area contributed by atoms with Crippen LogP contribution in [-0.2, 0) is 13.0 Å². The van der Waals surface area contributed by atoms with Crippen LogP contribution in [0.25, 0.3) is 0 Å². The standard InChI is InChI=1S/C13H14N2S/c1-2-15-10-14-9-12(13(15)16)8-11-6-4-3-5-7-11/h3-7,9-10H,2,8H2,1H3. The molecule has 1 heterocycles. The normalized spacial score (nSPS) is 10.3. The van der Waals surface area contributed by atoms with Crippen LogP contribution in [0, 0.1) is 4.64 Å². The van der Waals surface area contributed by atoms with Gasteiger partial charge in [-0.3, -0.25) is 0 Å². The van der Waals surface area contributed by atoms with E-state index in [0.29, 0.717) is 0 Å². The molecule has 0 unspecified atom stereocenters. The first-order valence-electron chi connectivity index (χ1n) is 5.38. The predicted molar refractivity (Wildman–Crippen MR) is 68.0 cm³/mol. The second-order valence-electron chi connectivity index (χ2n) is 3.67. The summed E-state index contributed by atoms with van der Waals surface area (Å²) in [6, 6.07) is 10.3. The van der Waals surface area contributed by atoms with E-state index >= 15 is 0 Å². The quantitative estimate of drug-likeness (QED) is 0.753. The molecule has 1 aromatic carbocycles. The molecule has 0 radical (unpaired) electrons. The molecule has 0 fully saturated rings. The highest BCUT2D eigenvalue weighted by Crippen LogP contribution is 2.09. The Morgan fingerprint density at radius 1 is 1.25 bits per heavy atom. The van der Waals surface area contributed by atoms with E-state index < -0.39 is 0 Å². The van der Waals surface area contributed by atoms with E-state index in [-0.39, 0.29) is 0 Å². The summed E-state index contributed by atoms with van der Waals surface area (Å²) in [4.78, 5) is 4.21. The maximum Gasteiger partial charge on any atom is 0.112 e. The molecule has 0 aliphatic carbocycles. The Morgan fingerprint density at radius 2 is 2.00 bits per heavy atom. The number of nitrogens with zero attached hydrogens (tertiary/aromatic N) is 2. The van der Waals surface area contributed by atoms with Gasteiger partial charge in [0.25, 0.3) is 0 Å². The zero-order valence-electron chi connectivity index (χ0n) is 9.26. The van der Waals surface area contributed by atoms with E-state index in [9.17, 15) is 0 Å². The highest BCUT2D eigenvalue weighted by Gasteiger charge is 2.00. The zero-order chi connectivity index (χ0) is 11.4. The lowest BCUT2D eigenvalue weighted by atomic mass is 10.1. The Balaban J connectivity index is 2.32. The molecule has 0 N–H and O–H groups in total. The van der Waals surface area contributed by atoms with Crippen LogP contribution in [0.1, 0.15) is 18.1 Å². The average Bonchev–Trinajstić information content (AvgIpc) is 2.33. The zero-order valence-corrected chi connectivity index (χ0v) is 10.1. The van der Waals surface area contributed by atoms with Crippen LogP contribution in [0.2, 0.25) is 0 Å². The maximum atomic E-state index is 5.41. The lowest BCUT2D eigenvalue weighted by molar-refractivity contribution is 0.714. The third kappa shape index (κ3) is 2.36. The summed E-state index contributed by atoms with van der Waals surface area (Å²) in [5.41, 5.74) is 2.38. The summed E-state index contributed by atoms with van der Waals surface area (Å²) in [5.74, 6) is 0. The lowest BCUT2D eigenvalue weighted by Crippen LogP contribution is -2.02. The van der Waals surface area contributed by atoms with Crippen molar-refractivity contribution in [3.8, 4) is 0 Å². The number of benzene rings is 1. The van der Waals surface area contributed by atoms with Gasteiger partial charge in [0.1, 0.15) is 4.64 Å². The molecule has 0 bridgehead atoms. The van der Waals surface area contributed by atoms with Gasteiger partial charge in [-0.2, -0.15) is 0 Å². The second-order valence-corrected chi connectivity index (χ2v) is 4.06. The third-order valence-electron chi connectivity index (χ3n) is 2.55. The van der Waals surface area contributed by atoms with Gasteiger partial charge in [-0.1, -0.05) is 42.5 Å². The fourth-order valence-electron chi connectivity index (χ4n) is 1.66. The van der Waals surface area contributed by atoms with Crippen molar-refractivity contribution in [3.05, 3.63) is 58.6 Å². The van der Waals surface area contributed by atoms with Gasteiger partial charge >= 0.3 is 0 Å². The molecular weight excluding hydrogens is 216 g/mol. The van der Waals surface area contributed by atoms with Gasteiger partial charge in [-0.25, -0.2) is 4.98 Å². The monoisotopic (exact) mass is 230 g/mol. The predicted octanol–water partition coefficient (Wildman–Crippen LogP) is 3.22. The molecule has 0 saturated carbocycles. The number of aromatic nitrogens is 2. The van der Waals surface area contributed by atoms with Gasteiger partial charge in [0.05, 0.1) is 6.33 Å². The highest BCUT2D eigenvalue weighted by molar-refractivity contribution is 7.71. The van der Waals surface area contributed by atoms with Crippen molar-refractivity contribution in [2.75, 3.05) is 0 Å². The van der Waals surface area contributed by atoms with Crippen LogP contribution in [0.4, 0.5) is 0 Å². The van der Waals surface area contributed by atoms with E-state index in [1.165, 1.54) is 5.56 Å². The lowest BCUT2D eigenvalue weighted by Gasteiger charge is -2.06. The summed E-state index contributed by atoms with van der Waals surface area (Å²) in [6.45, 7) is 2.94. The topological polar surface area (TPSA) is 17.8 Å². The Kier molecular flexibility index (Phi) is 3.47. The maximum absolute atomic E-state index is 5.41. The highest BCUT2D eigenvalue weighted by atomic mass is 32.1. The molecule has 0 aliphatic heterocycles. The van der Waals surface area contributed by atoms with E-state index in [2.05, 4.69) is 24.0 Å². The van der Waals surface area contributed by atoms with Crippen molar-refractivity contribution >= 4 is 12.2 Å². The van der Waals surface area contributed by atoms with Crippen LogP contribution in [0.5, 0.6) is 0 Å². The van der Waals surface area contributed by atoms with Crippen LogP contribution < -0.4 is 0 Å². The Hall–Kier alpha value is -1.48. The fraction of sp³-hybridized carbons (Fsp3) is 0.231. The Morgan fingerprint density at radius 3 is 2.69 bits per heavy atom. The molecular formula is C13H14N2S.